The van der Waals surface area contributed by atoms with E-state index < -0.39 is 0 Å². The van der Waals surface area contributed by atoms with Crippen molar-refractivity contribution in [3.63, 3.8) is 0 Å². The van der Waals surface area contributed by atoms with Crippen molar-refractivity contribution in [1.29, 1.82) is 0 Å². The van der Waals surface area contributed by atoms with Gasteiger partial charge >= 0.3 is 0 Å². The molecule has 1 saturated heterocycles. The highest BCUT2D eigenvalue weighted by atomic mass is 16.6. The molecule has 2 aliphatic rings. The Bertz CT molecular complexity index is 403. The van der Waals surface area contributed by atoms with Crippen molar-refractivity contribution >= 4 is 5.91 Å². The van der Waals surface area contributed by atoms with Gasteiger partial charge in [0.15, 0.2) is 0 Å². The number of rotatable bonds is 2. The zero-order valence-corrected chi connectivity index (χ0v) is 10.1. The van der Waals surface area contributed by atoms with Gasteiger partial charge in [-0.1, -0.05) is 0 Å². The molecule has 5 heteroatoms. The van der Waals surface area contributed by atoms with Gasteiger partial charge in [0.05, 0.1) is 37.2 Å². The molecule has 18 heavy (non-hydrogen) atoms. The van der Waals surface area contributed by atoms with Crippen molar-refractivity contribution in [2.24, 2.45) is 0 Å². The number of amides is 1. The van der Waals surface area contributed by atoms with Gasteiger partial charge in [-0.3, -0.25) is 4.79 Å². The van der Waals surface area contributed by atoms with Crippen molar-refractivity contribution < 1.29 is 18.7 Å². The molecule has 2 fully saturated rings. The lowest BCUT2D eigenvalue weighted by Gasteiger charge is -2.39. The Morgan fingerprint density at radius 3 is 2.83 bits per heavy atom. The normalized spacial score (nSPS) is 31.7. The van der Waals surface area contributed by atoms with E-state index in [4.69, 9.17) is 13.9 Å². The first-order valence-corrected chi connectivity index (χ1v) is 6.39. The van der Waals surface area contributed by atoms with Gasteiger partial charge in [0.25, 0.3) is 5.91 Å². The third-order valence-corrected chi connectivity index (χ3v) is 3.60. The Morgan fingerprint density at radius 2 is 2.06 bits per heavy atom. The van der Waals surface area contributed by atoms with Crippen LogP contribution in [0.25, 0.3) is 0 Å². The SMILES string of the molecule is O=C(N[C@@H]1CC[C@H]2OCCO[C@H]2C1)c1ccoc1. The molecule has 3 atom stereocenters. The van der Waals surface area contributed by atoms with Gasteiger partial charge in [0.1, 0.15) is 6.26 Å². The molecule has 1 aromatic rings. The van der Waals surface area contributed by atoms with Crippen LogP contribution >= 0.6 is 0 Å². The van der Waals surface area contributed by atoms with Crippen molar-refractivity contribution in [2.45, 2.75) is 37.5 Å². The lowest BCUT2D eigenvalue weighted by atomic mass is 9.89. The van der Waals surface area contributed by atoms with Crippen LogP contribution in [0, 0.1) is 0 Å². The number of furan rings is 1. The summed E-state index contributed by atoms with van der Waals surface area (Å²) in [5, 5.41) is 3.02. The van der Waals surface area contributed by atoms with E-state index in [2.05, 4.69) is 5.32 Å². The largest absolute Gasteiger partial charge is 0.472 e. The Balaban J connectivity index is 1.56. The fraction of sp³-hybridized carbons (Fsp3) is 0.615. The molecule has 0 bridgehead atoms. The second kappa shape index (κ2) is 5.12. The third kappa shape index (κ3) is 2.42. The van der Waals surface area contributed by atoms with Crippen molar-refractivity contribution in [2.75, 3.05) is 13.2 Å². The fourth-order valence-electron chi connectivity index (χ4n) is 2.66. The number of fused-ring (bicyclic) bond motifs is 1. The molecule has 2 heterocycles. The summed E-state index contributed by atoms with van der Waals surface area (Å²) >= 11 is 0. The van der Waals surface area contributed by atoms with E-state index in [0.29, 0.717) is 18.8 Å². The van der Waals surface area contributed by atoms with Crippen molar-refractivity contribution in [3.8, 4) is 0 Å². The monoisotopic (exact) mass is 251 g/mol. The number of ether oxygens (including phenoxy) is 2. The number of hydrogen-bond acceptors (Lipinski definition) is 4. The highest BCUT2D eigenvalue weighted by Gasteiger charge is 2.34. The molecule has 3 rings (SSSR count). The van der Waals surface area contributed by atoms with E-state index in [9.17, 15) is 4.79 Å². The topological polar surface area (TPSA) is 60.7 Å². The number of carbonyl (C=O) groups is 1. The molecular weight excluding hydrogens is 234 g/mol. The smallest absolute Gasteiger partial charge is 0.254 e. The van der Waals surface area contributed by atoms with E-state index in [1.165, 1.54) is 12.5 Å². The molecule has 0 radical (unpaired) electrons. The zero-order valence-electron chi connectivity index (χ0n) is 10.1. The molecule has 1 aromatic heterocycles. The summed E-state index contributed by atoms with van der Waals surface area (Å²) in [6.45, 7) is 1.34. The summed E-state index contributed by atoms with van der Waals surface area (Å²) in [6, 6.07) is 1.83. The second-order valence-corrected chi connectivity index (χ2v) is 4.81. The second-order valence-electron chi connectivity index (χ2n) is 4.81. The Hall–Kier alpha value is -1.33. The van der Waals surface area contributed by atoms with Gasteiger partial charge < -0.3 is 19.2 Å². The Kier molecular flexibility index (Phi) is 3.34. The van der Waals surface area contributed by atoms with Crippen LogP contribution in [0.4, 0.5) is 0 Å². The van der Waals surface area contributed by atoms with E-state index in [-0.39, 0.29) is 24.2 Å². The molecule has 1 amide bonds. The van der Waals surface area contributed by atoms with Gasteiger partial charge in [-0.25, -0.2) is 0 Å². The highest BCUT2D eigenvalue weighted by molar-refractivity contribution is 5.93. The molecular formula is C13H17NO4. The molecule has 0 spiro atoms. The summed E-state index contributed by atoms with van der Waals surface area (Å²) in [7, 11) is 0. The minimum absolute atomic E-state index is 0.0797. The quantitative estimate of drug-likeness (QED) is 0.861. The summed E-state index contributed by atoms with van der Waals surface area (Å²) in [4.78, 5) is 11.9. The summed E-state index contributed by atoms with van der Waals surface area (Å²) in [6.07, 6.45) is 6.01. The van der Waals surface area contributed by atoms with Gasteiger partial charge in [-0.2, -0.15) is 0 Å². The summed E-state index contributed by atoms with van der Waals surface area (Å²) < 4.78 is 16.2. The van der Waals surface area contributed by atoms with Gasteiger partial charge in [0, 0.05) is 6.04 Å². The van der Waals surface area contributed by atoms with E-state index in [0.717, 1.165) is 19.3 Å². The maximum absolute atomic E-state index is 11.9. The first-order valence-electron chi connectivity index (χ1n) is 6.39. The van der Waals surface area contributed by atoms with Crippen LogP contribution in [0.5, 0.6) is 0 Å². The fourth-order valence-corrected chi connectivity index (χ4v) is 2.66. The van der Waals surface area contributed by atoms with Gasteiger partial charge in [0.2, 0.25) is 0 Å². The molecule has 98 valence electrons. The van der Waals surface area contributed by atoms with Crippen LogP contribution in [0.2, 0.25) is 0 Å². The predicted molar refractivity (Wildman–Crippen MR) is 63.3 cm³/mol. The number of nitrogens with one attached hydrogen (secondary N) is 1. The minimum atomic E-state index is -0.0797. The van der Waals surface area contributed by atoms with Crippen molar-refractivity contribution in [3.05, 3.63) is 24.2 Å². The Morgan fingerprint density at radius 1 is 1.22 bits per heavy atom. The minimum Gasteiger partial charge on any atom is -0.472 e. The van der Waals surface area contributed by atoms with Crippen LogP contribution in [0.3, 0.4) is 0 Å². The number of hydrogen-bond donors (Lipinski definition) is 1. The molecule has 1 aliphatic heterocycles. The number of carbonyl (C=O) groups excluding carboxylic acids is 1. The van der Waals surface area contributed by atoms with E-state index >= 15 is 0 Å². The Labute approximate surface area is 105 Å². The lowest BCUT2D eigenvalue weighted by Crippen LogP contribution is -2.49. The third-order valence-electron chi connectivity index (χ3n) is 3.60. The molecule has 0 aromatic carbocycles. The maximum Gasteiger partial charge on any atom is 0.254 e. The van der Waals surface area contributed by atoms with Crippen LogP contribution in [-0.2, 0) is 9.47 Å². The first-order chi connectivity index (χ1) is 8.83. The zero-order chi connectivity index (χ0) is 12.4. The van der Waals surface area contributed by atoms with Crippen LogP contribution in [-0.4, -0.2) is 37.4 Å². The van der Waals surface area contributed by atoms with Crippen LogP contribution < -0.4 is 5.32 Å². The maximum atomic E-state index is 11.9. The average Bonchev–Trinajstić information content (AvgIpc) is 2.92. The molecule has 5 nitrogen and oxygen atoms in total. The lowest BCUT2D eigenvalue weighted by molar-refractivity contribution is -0.157. The van der Waals surface area contributed by atoms with Gasteiger partial charge in [-0.05, 0) is 25.3 Å². The summed E-state index contributed by atoms with van der Waals surface area (Å²) in [5.74, 6) is -0.0797. The standard InChI is InChI=1S/C13H17NO4/c15-13(9-3-4-16-8-9)14-10-1-2-11-12(7-10)18-6-5-17-11/h3-4,8,10-12H,1-2,5-7H2,(H,14,15)/t10-,11-,12+/m1/s1. The van der Waals surface area contributed by atoms with E-state index in [1.807, 2.05) is 0 Å². The highest BCUT2D eigenvalue weighted by Crippen LogP contribution is 2.26. The van der Waals surface area contributed by atoms with Crippen LogP contribution in [0.15, 0.2) is 23.0 Å². The average molecular weight is 251 g/mol. The molecule has 1 aliphatic carbocycles. The molecule has 1 saturated carbocycles. The first kappa shape index (κ1) is 11.7. The predicted octanol–water partition coefficient (Wildman–Crippen LogP) is 1.35. The molecule has 0 unspecified atom stereocenters. The van der Waals surface area contributed by atoms with E-state index in [1.54, 1.807) is 6.07 Å². The van der Waals surface area contributed by atoms with Gasteiger partial charge in [-0.15, -0.1) is 0 Å². The molecule has 1 N–H and O–H groups in total. The summed E-state index contributed by atoms with van der Waals surface area (Å²) in [5.41, 5.74) is 0.568. The van der Waals surface area contributed by atoms with Crippen molar-refractivity contribution in [1.82, 2.24) is 5.32 Å². The van der Waals surface area contributed by atoms with Crippen LogP contribution in [0.1, 0.15) is 29.6 Å².